The van der Waals surface area contributed by atoms with Crippen molar-refractivity contribution in [1.82, 2.24) is 9.55 Å². The molecule has 5 nitrogen and oxygen atoms in total. The second-order valence-electron chi connectivity index (χ2n) is 3.02. The Morgan fingerprint density at radius 3 is 2.73 bits per heavy atom. The van der Waals surface area contributed by atoms with Gasteiger partial charge in [0.25, 0.3) is 5.95 Å². The third-order valence-electron chi connectivity index (χ3n) is 1.89. The number of anilines is 1. The number of hydrogen-bond acceptors (Lipinski definition) is 3. The minimum atomic E-state index is 0.568. The normalized spacial score (nSPS) is 10.7. The van der Waals surface area contributed by atoms with Crippen molar-refractivity contribution in [2.24, 2.45) is 17.4 Å². The molecule has 1 N–H and O–H groups in total. The van der Waals surface area contributed by atoms with Crippen molar-refractivity contribution in [3.63, 3.8) is 0 Å². The van der Waals surface area contributed by atoms with Crippen LogP contribution in [0.15, 0.2) is 53.1 Å². The molecule has 2 aromatic rings. The van der Waals surface area contributed by atoms with Gasteiger partial charge >= 0.3 is 0 Å². The van der Waals surface area contributed by atoms with Crippen LogP contribution in [0.1, 0.15) is 0 Å². The smallest absolute Gasteiger partial charge is 0.250 e. The second kappa shape index (κ2) is 4.36. The molecule has 76 valence electrons. The third kappa shape index (κ3) is 2.40. The van der Waals surface area contributed by atoms with Crippen molar-refractivity contribution >= 4 is 11.6 Å². The third-order valence-corrected chi connectivity index (χ3v) is 1.89. The summed E-state index contributed by atoms with van der Waals surface area (Å²) in [4.78, 5) is 4.01. The minimum absolute atomic E-state index is 0.568. The molecule has 0 fully saturated rings. The van der Waals surface area contributed by atoms with Gasteiger partial charge in [-0.05, 0) is 12.1 Å². The zero-order valence-electron chi connectivity index (χ0n) is 8.33. The quantitative estimate of drug-likeness (QED) is 0.612. The lowest BCUT2D eigenvalue weighted by Gasteiger charge is -1.96. The first-order chi connectivity index (χ1) is 7.36. The largest absolute Gasteiger partial charge is 0.317 e. The predicted molar refractivity (Wildman–Crippen MR) is 57.8 cm³/mol. The van der Waals surface area contributed by atoms with E-state index in [2.05, 4.69) is 20.7 Å². The lowest BCUT2D eigenvalue weighted by atomic mass is 10.3. The van der Waals surface area contributed by atoms with Crippen molar-refractivity contribution < 1.29 is 0 Å². The Hall–Kier alpha value is -2.17. The Morgan fingerprint density at radius 2 is 2.07 bits per heavy atom. The van der Waals surface area contributed by atoms with Gasteiger partial charge in [-0.25, -0.2) is 4.98 Å². The SMILES string of the molecule is Cn1ccnc1/N=N\Nc1ccccc1. The van der Waals surface area contributed by atoms with Crippen molar-refractivity contribution in [3.05, 3.63) is 42.7 Å². The molecule has 0 saturated carbocycles. The Balaban J connectivity index is 2.00. The molecule has 0 amide bonds. The lowest BCUT2D eigenvalue weighted by molar-refractivity contribution is 0.885. The van der Waals surface area contributed by atoms with E-state index in [1.54, 1.807) is 10.8 Å². The highest BCUT2D eigenvalue weighted by Gasteiger charge is 1.93. The van der Waals surface area contributed by atoms with Gasteiger partial charge in [0.1, 0.15) is 0 Å². The number of para-hydroxylation sites is 1. The molecule has 15 heavy (non-hydrogen) atoms. The molecule has 0 aliphatic heterocycles. The zero-order valence-corrected chi connectivity index (χ0v) is 8.33. The molecule has 0 unspecified atom stereocenters. The molecule has 0 bridgehead atoms. The van der Waals surface area contributed by atoms with Gasteiger partial charge in [-0.15, -0.1) is 0 Å². The van der Waals surface area contributed by atoms with Crippen LogP contribution in [0.3, 0.4) is 0 Å². The Labute approximate surface area is 87.5 Å². The van der Waals surface area contributed by atoms with E-state index in [0.29, 0.717) is 5.95 Å². The average Bonchev–Trinajstić information content (AvgIpc) is 2.66. The number of hydrogen-bond donors (Lipinski definition) is 1. The van der Waals surface area contributed by atoms with E-state index in [4.69, 9.17) is 0 Å². The monoisotopic (exact) mass is 201 g/mol. The minimum Gasteiger partial charge on any atom is -0.317 e. The van der Waals surface area contributed by atoms with Crippen molar-refractivity contribution in [3.8, 4) is 0 Å². The number of benzene rings is 1. The number of nitrogens with one attached hydrogen (secondary N) is 1. The van der Waals surface area contributed by atoms with Crippen molar-refractivity contribution in [1.29, 1.82) is 0 Å². The molecule has 0 atom stereocenters. The fourth-order valence-corrected chi connectivity index (χ4v) is 1.09. The topological polar surface area (TPSA) is 54.6 Å². The molecule has 0 aliphatic rings. The number of rotatable bonds is 3. The van der Waals surface area contributed by atoms with Crippen LogP contribution in [0.5, 0.6) is 0 Å². The summed E-state index contributed by atoms with van der Waals surface area (Å²) >= 11 is 0. The molecule has 2 rings (SSSR count). The zero-order chi connectivity index (χ0) is 10.5. The molecule has 1 aromatic carbocycles. The maximum atomic E-state index is 4.01. The van der Waals surface area contributed by atoms with Crippen LogP contribution in [0.25, 0.3) is 0 Å². The van der Waals surface area contributed by atoms with Crippen LogP contribution >= 0.6 is 0 Å². The maximum Gasteiger partial charge on any atom is 0.250 e. The van der Waals surface area contributed by atoms with Gasteiger partial charge in [0.15, 0.2) is 0 Å². The molecule has 1 aromatic heterocycles. The first-order valence-electron chi connectivity index (χ1n) is 4.55. The van der Waals surface area contributed by atoms with Gasteiger partial charge in [0.05, 0.1) is 5.69 Å². The highest BCUT2D eigenvalue weighted by atomic mass is 15.4. The molecular formula is C10H11N5. The Bertz CT molecular complexity index is 446. The standard InChI is InChI=1S/C10H11N5/c1-15-8-7-11-10(15)13-14-12-9-5-3-2-4-6-9/h2-8H,1H3,(H,11,12,13). The first kappa shape index (κ1) is 9.39. The summed E-state index contributed by atoms with van der Waals surface area (Å²) < 4.78 is 1.79. The highest BCUT2D eigenvalue weighted by Crippen LogP contribution is 2.08. The summed E-state index contributed by atoms with van der Waals surface area (Å²) in [7, 11) is 1.86. The number of nitrogens with zero attached hydrogens (tertiary/aromatic N) is 4. The summed E-state index contributed by atoms with van der Waals surface area (Å²) in [5.41, 5.74) is 3.71. The number of aromatic nitrogens is 2. The fourth-order valence-electron chi connectivity index (χ4n) is 1.09. The second-order valence-corrected chi connectivity index (χ2v) is 3.02. The lowest BCUT2D eigenvalue weighted by Crippen LogP contribution is -1.87. The van der Waals surface area contributed by atoms with Crippen LogP contribution in [0.4, 0.5) is 11.6 Å². The summed E-state index contributed by atoms with van der Waals surface area (Å²) in [5.74, 6) is 0.568. The molecule has 0 spiro atoms. The van der Waals surface area contributed by atoms with Gasteiger partial charge < -0.3 is 4.57 Å². The highest BCUT2D eigenvalue weighted by molar-refractivity contribution is 5.41. The van der Waals surface area contributed by atoms with Gasteiger partial charge in [-0.3, -0.25) is 5.43 Å². The van der Waals surface area contributed by atoms with E-state index in [1.807, 2.05) is 43.6 Å². The summed E-state index contributed by atoms with van der Waals surface area (Å²) in [6.07, 6.45) is 3.49. The average molecular weight is 201 g/mol. The van der Waals surface area contributed by atoms with Gasteiger partial charge in [0.2, 0.25) is 0 Å². The van der Waals surface area contributed by atoms with Crippen molar-refractivity contribution in [2.45, 2.75) is 0 Å². The fraction of sp³-hybridized carbons (Fsp3) is 0.100. The molecule has 5 heteroatoms. The van der Waals surface area contributed by atoms with Crippen molar-refractivity contribution in [2.75, 3.05) is 5.43 Å². The number of aryl methyl sites for hydroxylation is 1. The molecule has 0 saturated heterocycles. The Morgan fingerprint density at radius 1 is 1.27 bits per heavy atom. The van der Waals surface area contributed by atoms with Crippen LogP contribution in [-0.4, -0.2) is 9.55 Å². The van der Waals surface area contributed by atoms with E-state index in [0.717, 1.165) is 5.69 Å². The van der Waals surface area contributed by atoms with E-state index < -0.39 is 0 Å². The van der Waals surface area contributed by atoms with Crippen LogP contribution < -0.4 is 5.43 Å². The molecule has 0 aliphatic carbocycles. The van der Waals surface area contributed by atoms with Crippen LogP contribution in [0.2, 0.25) is 0 Å². The Kier molecular flexibility index (Phi) is 2.73. The summed E-state index contributed by atoms with van der Waals surface area (Å²) in [6, 6.07) is 9.63. The molecule has 1 heterocycles. The maximum absolute atomic E-state index is 4.01. The van der Waals surface area contributed by atoms with Gasteiger partial charge in [-0.2, -0.15) is 0 Å². The van der Waals surface area contributed by atoms with Gasteiger partial charge in [-0.1, -0.05) is 28.5 Å². The van der Waals surface area contributed by atoms with Crippen LogP contribution in [-0.2, 0) is 7.05 Å². The van der Waals surface area contributed by atoms with E-state index in [-0.39, 0.29) is 0 Å². The van der Waals surface area contributed by atoms with Gasteiger partial charge in [0, 0.05) is 19.4 Å². The summed E-state index contributed by atoms with van der Waals surface area (Å²) in [6.45, 7) is 0. The predicted octanol–water partition coefficient (Wildman–Crippen LogP) is 2.53. The number of imidazole rings is 1. The first-order valence-corrected chi connectivity index (χ1v) is 4.55. The van der Waals surface area contributed by atoms with E-state index in [1.165, 1.54) is 0 Å². The molecular weight excluding hydrogens is 190 g/mol. The van der Waals surface area contributed by atoms with E-state index >= 15 is 0 Å². The van der Waals surface area contributed by atoms with E-state index in [9.17, 15) is 0 Å². The van der Waals surface area contributed by atoms with Crippen LogP contribution in [0, 0.1) is 0 Å². The molecule has 0 radical (unpaired) electrons. The summed E-state index contributed by atoms with van der Waals surface area (Å²) in [5, 5.41) is 7.76.